The number of rotatable bonds is 2. The lowest BCUT2D eigenvalue weighted by molar-refractivity contribution is -0.121. The van der Waals surface area contributed by atoms with Gasteiger partial charge in [0.2, 0.25) is 0 Å². The van der Waals surface area contributed by atoms with Crippen LogP contribution in [0.1, 0.15) is 58.8 Å². The molecule has 0 radical (unpaired) electrons. The number of ketones is 1. The van der Waals surface area contributed by atoms with Crippen LogP contribution in [0.25, 0.3) is 0 Å². The lowest BCUT2D eigenvalue weighted by Gasteiger charge is -2.42. The molecular formula is C15H27NO. The summed E-state index contributed by atoms with van der Waals surface area (Å²) in [6.45, 7) is 4.79. The summed E-state index contributed by atoms with van der Waals surface area (Å²) in [5.74, 6) is 2.23. The fourth-order valence-corrected chi connectivity index (χ4v) is 3.52. The van der Waals surface area contributed by atoms with Gasteiger partial charge in [-0.1, -0.05) is 13.8 Å². The Labute approximate surface area is 106 Å². The van der Waals surface area contributed by atoms with Gasteiger partial charge in [0.15, 0.2) is 0 Å². The van der Waals surface area contributed by atoms with Crippen LogP contribution in [-0.4, -0.2) is 29.8 Å². The highest BCUT2D eigenvalue weighted by atomic mass is 16.1. The van der Waals surface area contributed by atoms with Gasteiger partial charge in [-0.2, -0.15) is 0 Å². The summed E-state index contributed by atoms with van der Waals surface area (Å²) in [5.41, 5.74) is 0. The van der Waals surface area contributed by atoms with E-state index in [1.165, 1.54) is 19.3 Å². The van der Waals surface area contributed by atoms with E-state index in [1.807, 2.05) is 0 Å². The molecule has 2 nitrogen and oxygen atoms in total. The van der Waals surface area contributed by atoms with Crippen molar-refractivity contribution in [3.8, 4) is 0 Å². The van der Waals surface area contributed by atoms with E-state index in [-0.39, 0.29) is 0 Å². The zero-order valence-corrected chi connectivity index (χ0v) is 11.6. The number of hydrogen-bond donors (Lipinski definition) is 0. The van der Waals surface area contributed by atoms with Crippen LogP contribution in [0, 0.1) is 11.8 Å². The maximum absolute atomic E-state index is 11.3. The SMILES string of the molecule is CC1CCC(N(C)C2CCC(=O)CC2)CC1C. The monoisotopic (exact) mass is 237 g/mol. The molecule has 2 aliphatic carbocycles. The number of nitrogens with zero attached hydrogens (tertiary/aromatic N) is 1. The molecule has 0 saturated heterocycles. The van der Waals surface area contributed by atoms with Crippen molar-refractivity contribution in [3.63, 3.8) is 0 Å². The Hall–Kier alpha value is -0.370. The predicted molar refractivity (Wildman–Crippen MR) is 71.0 cm³/mol. The third-order valence-corrected chi connectivity index (χ3v) is 5.24. The molecule has 0 heterocycles. The normalized spacial score (nSPS) is 36.5. The highest BCUT2D eigenvalue weighted by Gasteiger charge is 2.31. The maximum atomic E-state index is 11.3. The van der Waals surface area contributed by atoms with Gasteiger partial charge < -0.3 is 4.90 Å². The molecule has 98 valence electrons. The first kappa shape index (κ1) is 13.1. The first-order valence-corrected chi connectivity index (χ1v) is 7.31. The van der Waals surface area contributed by atoms with E-state index in [9.17, 15) is 4.79 Å². The second-order valence-corrected chi connectivity index (χ2v) is 6.36. The largest absolute Gasteiger partial charge is 0.300 e. The van der Waals surface area contributed by atoms with Gasteiger partial charge in [0, 0.05) is 24.9 Å². The van der Waals surface area contributed by atoms with E-state index in [0.29, 0.717) is 11.8 Å². The summed E-state index contributed by atoms with van der Waals surface area (Å²) in [5, 5.41) is 0. The fourth-order valence-electron chi connectivity index (χ4n) is 3.52. The zero-order chi connectivity index (χ0) is 12.4. The molecule has 2 aliphatic rings. The Morgan fingerprint density at radius 3 is 2.18 bits per heavy atom. The Bertz CT molecular complexity index is 266. The molecule has 0 N–H and O–H groups in total. The smallest absolute Gasteiger partial charge is 0.133 e. The van der Waals surface area contributed by atoms with Gasteiger partial charge in [-0.15, -0.1) is 0 Å². The van der Waals surface area contributed by atoms with E-state index >= 15 is 0 Å². The average Bonchev–Trinajstić information content (AvgIpc) is 2.33. The van der Waals surface area contributed by atoms with Crippen molar-refractivity contribution in [3.05, 3.63) is 0 Å². The molecule has 0 aliphatic heterocycles. The first-order chi connectivity index (χ1) is 8.08. The summed E-state index contributed by atoms with van der Waals surface area (Å²) >= 11 is 0. The summed E-state index contributed by atoms with van der Waals surface area (Å²) in [7, 11) is 2.29. The van der Waals surface area contributed by atoms with Crippen molar-refractivity contribution in [1.82, 2.24) is 4.90 Å². The van der Waals surface area contributed by atoms with Crippen LogP contribution in [0.15, 0.2) is 0 Å². The number of carbonyl (C=O) groups excluding carboxylic acids is 1. The number of carbonyl (C=O) groups is 1. The standard InChI is InChI=1S/C15H27NO/c1-11-4-5-14(10-12(11)2)16(3)13-6-8-15(17)9-7-13/h11-14H,4-10H2,1-3H3. The van der Waals surface area contributed by atoms with Crippen LogP contribution >= 0.6 is 0 Å². The molecule has 0 bridgehead atoms. The molecule has 2 rings (SSSR count). The molecule has 2 fully saturated rings. The summed E-state index contributed by atoms with van der Waals surface area (Å²) in [6.07, 6.45) is 7.89. The Balaban J connectivity index is 1.87. The minimum absolute atomic E-state index is 0.472. The van der Waals surface area contributed by atoms with Crippen LogP contribution in [0.4, 0.5) is 0 Å². The van der Waals surface area contributed by atoms with Gasteiger partial charge in [-0.05, 0) is 51.0 Å². The summed E-state index contributed by atoms with van der Waals surface area (Å²) in [6, 6.07) is 1.43. The van der Waals surface area contributed by atoms with Gasteiger partial charge >= 0.3 is 0 Å². The van der Waals surface area contributed by atoms with E-state index in [2.05, 4.69) is 25.8 Å². The van der Waals surface area contributed by atoms with E-state index < -0.39 is 0 Å². The van der Waals surface area contributed by atoms with E-state index in [1.54, 1.807) is 0 Å². The van der Waals surface area contributed by atoms with Crippen molar-refractivity contribution in [1.29, 1.82) is 0 Å². The molecule has 2 heteroatoms. The lowest BCUT2D eigenvalue weighted by Crippen LogP contribution is -2.45. The molecule has 3 atom stereocenters. The molecule has 0 aromatic rings. The Morgan fingerprint density at radius 2 is 1.59 bits per heavy atom. The van der Waals surface area contributed by atoms with Gasteiger partial charge in [0.05, 0.1) is 0 Å². The number of Topliss-reactive ketones (excluding diaryl/α,β-unsaturated/α-hetero) is 1. The van der Waals surface area contributed by atoms with Crippen LogP contribution in [0.5, 0.6) is 0 Å². The van der Waals surface area contributed by atoms with Crippen molar-refractivity contribution in [2.75, 3.05) is 7.05 Å². The third kappa shape index (κ3) is 3.09. The summed E-state index contributed by atoms with van der Waals surface area (Å²) < 4.78 is 0. The second kappa shape index (κ2) is 5.51. The third-order valence-electron chi connectivity index (χ3n) is 5.24. The fraction of sp³-hybridized carbons (Fsp3) is 0.933. The van der Waals surface area contributed by atoms with Gasteiger partial charge in [-0.25, -0.2) is 0 Å². The van der Waals surface area contributed by atoms with E-state index in [0.717, 1.165) is 43.6 Å². The topological polar surface area (TPSA) is 20.3 Å². The predicted octanol–water partition coefficient (Wildman–Crippen LogP) is 3.25. The van der Waals surface area contributed by atoms with Crippen molar-refractivity contribution < 1.29 is 4.79 Å². The van der Waals surface area contributed by atoms with Crippen molar-refractivity contribution >= 4 is 5.78 Å². The first-order valence-electron chi connectivity index (χ1n) is 7.31. The average molecular weight is 237 g/mol. The van der Waals surface area contributed by atoms with Crippen LogP contribution in [0.2, 0.25) is 0 Å². The molecule has 3 unspecified atom stereocenters. The summed E-state index contributed by atoms with van der Waals surface area (Å²) in [4.78, 5) is 13.9. The van der Waals surface area contributed by atoms with Crippen LogP contribution < -0.4 is 0 Å². The zero-order valence-electron chi connectivity index (χ0n) is 11.6. The maximum Gasteiger partial charge on any atom is 0.133 e. The molecular weight excluding hydrogens is 210 g/mol. The Morgan fingerprint density at radius 1 is 0.941 bits per heavy atom. The number of hydrogen-bond acceptors (Lipinski definition) is 2. The highest BCUT2D eigenvalue weighted by molar-refractivity contribution is 5.79. The van der Waals surface area contributed by atoms with Crippen LogP contribution in [0.3, 0.4) is 0 Å². The minimum Gasteiger partial charge on any atom is -0.300 e. The molecule has 17 heavy (non-hydrogen) atoms. The van der Waals surface area contributed by atoms with Crippen molar-refractivity contribution in [2.45, 2.75) is 70.9 Å². The minimum atomic E-state index is 0.472. The second-order valence-electron chi connectivity index (χ2n) is 6.36. The van der Waals surface area contributed by atoms with E-state index in [4.69, 9.17) is 0 Å². The van der Waals surface area contributed by atoms with Gasteiger partial charge in [0.1, 0.15) is 5.78 Å². The highest BCUT2D eigenvalue weighted by Crippen LogP contribution is 2.33. The van der Waals surface area contributed by atoms with Gasteiger partial charge in [-0.3, -0.25) is 4.79 Å². The quantitative estimate of drug-likeness (QED) is 0.735. The molecule has 0 aromatic carbocycles. The molecule has 0 spiro atoms. The Kier molecular flexibility index (Phi) is 4.24. The van der Waals surface area contributed by atoms with Crippen molar-refractivity contribution in [2.24, 2.45) is 11.8 Å². The molecule has 2 saturated carbocycles. The molecule has 0 amide bonds. The van der Waals surface area contributed by atoms with Crippen LogP contribution in [-0.2, 0) is 4.79 Å². The van der Waals surface area contributed by atoms with Gasteiger partial charge in [0.25, 0.3) is 0 Å². The lowest BCUT2D eigenvalue weighted by atomic mass is 9.78. The molecule has 0 aromatic heterocycles.